The van der Waals surface area contributed by atoms with E-state index in [-0.39, 0.29) is 11.7 Å². The maximum absolute atomic E-state index is 11.2. The number of nitrogen functional groups attached to an aromatic ring is 1. The largest absolute Gasteiger partial charge is 0.398 e. The van der Waals surface area contributed by atoms with Crippen molar-refractivity contribution in [2.75, 3.05) is 12.8 Å². The minimum Gasteiger partial charge on any atom is -0.398 e. The van der Waals surface area contributed by atoms with Gasteiger partial charge in [0.25, 0.3) is 17.6 Å². The fourth-order valence-electron chi connectivity index (χ4n) is 1.22. The number of benzene rings is 1. The van der Waals surface area contributed by atoms with Crippen molar-refractivity contribution < 1.29 is 9.32 Å². The second kappa shape index (κ2) is 4.42. The van der Waals surface area contributed by atoms with E-state index in [1.165, 1.54) is 7.05 Å². The van der Waals surface area contributed by atoms with E-state index in [4.69, 9.17) is 21.9 Å². The molecule has 0 spiro atoms. The van der Waals surface area contributed by atoms with Gasteiger partial charge in [-0.1, -0.05) is 16.8 Å². The molecule has 0 saturated heterocycles. The highest BCUT2D eigenvalue weighted by Gasteiger charge is 2.14. The zero-order chi connectivity index (χ0) is 12.4. The number of nitrogens with zero attached hydrogens (tertiary/aromatic N) is 2. The van der Waals surface area contributed by atoms with E-state index in [2.05, 4.69) is 15.5 Å². The Morgan fingerprint density at radius 3 is 2.94 bits per heavy atom. The molecule has 0 unspecified atom stereocenters. The maximum atomic E-state index is 11.2. The molecule has 2 rings (SSSR count). The van der Waals surface area contributed by atoms with Gasteiger partial charge >= 0.3 is 0 Å². The Bertz CT molecular complexity index is 567. The Morgan fingerprint density at radius 2 is 2.29 bits per heavy atom. The van der Waals surface area contributed by atoms with Gasteiger partial charge in [0.2, 0.25) is 0 Å². The lowest BCUT2D eigenvalue weighted by Crippen LogP contribution is -2.19. The zero-order valence-corrected chi connectivity index (χ0v) is 9.65. The summed E-state index contributed by atoms with van der Waals surface area (Å²) in [5, 5.41) is 6.38. The van der Waals surface area contributed by atoms with Crippen LogP contribution in [0.5, 0.6) is 0 Å². The number of carbonyl (C=O) groups excluding carboxylic acids is 1. The first-order valence-electron chi connectivity index (χ1n) is 4.73. The van der Waals surface area contributed by atoms with Crippen LogP contribution in [0.15, 0.2) is 22.7 Å². The van der Waals surface area contributed by atoms with E-state index < -0.39 is 5.91 Å². The highest BCUT2D eigenvalue weighted by molar-refractivity contribution is 6.33. The van der Waals surface area contributed by atoms with Crippen molar-refractivity contribution in [3.8, 4) is 11.5 Å². The van der Waals surface area contributed by atoms with Crippen molar-refractivity contribution in [3.05, 3.63) is 29.0 Å². The third kappa shape index (κ3) is 2.21. The van der Waals surface area contributed by atoms with Gasteiger partial charge in [0.1, 0.15) is 0 Å². The number of carbonyl (C=O) groups is 1. The average Bonchev–Trinajstić information content (AvgIpc) is 2.81. The molecule has 0 aliphatic carbocycles. The molecule has 0 atom stereocenters. The fourth-order valence-corrected chi connectivity index (χ4v) is 1.34. The molecule has 2 aromatic rings. The molecule has 3 N–H and O–H groups in total. The second-order valence-corrected chi connectivity index (χ2v) is 3.65. The van der Waals surface area contributed by atoms with Crippen LogP contribution in [0.25, 0.3) is 11.5 Å². The van der Waals surface area contributed by atoms with Crippen molar-refractivity contribution >= 4 is 23.2 Å². The SMILES string of the molecule is CNC(=O)c1noc(-c2ccc(Cl)c(N)c2)n1. The molecule has 7 heteroatoms. The van der Waals surface area contributed by atoms with Crippen LogP contribution >= 0.6 is 11.6 Å². The summed E-state index contributed by atoms with van der Waals surface area (Å²) in [6, 6.07) is 4.90. The lowest BCUT2D eigenvalue weighted by molar-refractivity contribution is 0.0950. The first-order valence-corrected chi connectivity index (χ1v) is 5.11. The van der Waals surface area contributed by atoms with E-state index >= 15 is 0 Å². The normalized spacial score (nSPS) is 10.2. The van der Waals surface area contributed by atoms with Gasteiger partial charge in [-0.25, -0.2) is 0 Å². The van der Waals surface area contributed by atoms with Gasteiger partial charge in [0.05, 0.1) is 10.7 Å². The third-order valence-corrected chi connectivity index (χ3v) is 2.44. The van der Waals surface area contributed by atoms with Crippen molar-refractivity contribution in [1.29, 1.82) is 0 Å². The highest BCUT2D eigenvalue weighted by Crippen LogP contribution is 2.25. The van der Waals surface area contributed by atoms with E-state index in [0.717, 1.165) is 0 Å². The summed E-state index contributed by atoms with van der Waals surface area (Å²) in [6.45, 7) is 0. The van der Waals surface area contributed by atoms with E-state index in [1.807, 2.05) is 0 Å². The van der Waals surface area contributed by atoms with Crippen LogP contribution in [-0.4, -0.2) is 23.1 Å². The second-order valence-electron chi connectivity index (χ2n) is 3.24. The Kier molecular flexibility index (Phi) is 2.97. The molecular weight excluding hydrogens is 244 g/mol. The zero-order valence-electron chi connectivity index (χ0n) is 8.90. The van der Waals surface area contributed by atoms with Gasteiger partial charge in [-0.15, -0.1) is 0 Å². The monoisotopic (exact) mass is 252 g/mol. The quantitative estimate of drug-likeness (QED) is 0.787. The summed E-state index contributed by atoms with van der Waals surface area (Å²) in [5.41, 5.74) is 6.66. The molecule has 1 aromatic heterocycles. The van der Waals surface area contributed by atoms with E-state index in [0.29, 0.717) is 16.3 Å². The molecule has 1 heterocycles. The Labute approximate surface area is 102 Å². The smallest absolute Gasteiger partial charge is 0.292 e. The van der Waals surface area contributed by atoms with Crippen LogP contribution in [-0.2, 0) is 0 Å². The molecule has 0 radical (unpaired) electrons. The van der Waals surface area contributed by atoms with Crippen LogP contribution in [0, 0.1) is 0 Å². The topological polar surface area (TPSA) is 94.0 Å². The van der Waals surface area contributed by atoms with Crippen molar-refractivity contribution in [3.63, 3.8) is 0 Å². The molecular formula is C10H9ClN4O2. The van der Waals surface area contributed by atoms with Crippen LogP contribution in [0.1, 0.15) is 10.6 Å². The summed E-state index contributed by atoms with van der Waals surface area (Å²) in [5.74, 6) is -0.232. The van der Waals surface area contributed by atoms with Crippen LogP contribution in [0.2, 0.25) is 5.02 Å². The first kappa shape index (κ1) is 11.4. The number of aromatic nitrogens is 2. The Morgan fingerprint density at radius 1 is 1.53 bits per heavy atom. The van der Waals surface area contributed by atoms with Crippen molar-refractivity contribution in [2.45, 2.75) is 0 Å². The van der Waals surface area contributed by atoms with Crippen molar-refractivity contribution in [1.82, 2.24) is 15.5 Å². The van der Waals surface area contributed by atoms with E-state index in [1.54, 1.807) is 18.2 Å². The molecule has 0 aliphatic rings. The number of halogens is 1. The third-order valence-electron chi connectivity index (χ3n) is 2.10. The Hall–Kier alpha value is -2.08. The molecule has 0 saturated carbocycles. The summed E-state index contributed by atoms with van der Waals surface area (Å²) in [6.07, 6.45) is 0. The van der Waals surface area contributed by atoms with Crippen LogP contribution < -0.4 is 11.1 Å². The fraction of sp³-hybridized carbons (Fsp3) is 0.100. The number of anilines is 1. The Balaban J connectivity index is 2.37. The van der Waals surface area contributed by atoms with Gasteiger partial charge in [-0.05, 0) is 18.2 Å². The molecule has 6 nitrogen and oxygen atoms in total. The van der Waals surface area contributed by atoms with Crippen molar-refractivity contribution in [2.24, 2.45) is 0 Å². The molecule has 1 aromatic carbocycles. The predicted octanol–water partition coefficient (Wildman–Crippen LogP) is 1.33. The first-order chi connectivity index (χ1) is 8.11. The van der Waals surface area contributed by atoms with Gasteiger partial charge in [-0.3, -0.25) is 4.79 Å². The maximum Gasteiger partial charge on any atom is 0.292 e. The number of nitrogens with one attached hydrogen (secondary N) is 1. The number of nitrogens with two attached hydrogens (primary N) is 1. The summed E-state index contributed by atoms with van der Waals surface area (Å²) in [7, 11) is 1.48. The lowest BCUT2D eigenvalue weighted by atomic mass is 10.2. The number of hydrogen-bond donors (Lipinski definition) is 2. The molecule has 88 valence electrons. The molecule has 0 bridgehead atoms. The van der Waals surface area contributed by atoms with Gasteiger partial charge in [0, 0.05) is 12.6 Å². The minimum atomic E-state index is -0.415. The molecule has 17 heavy (non-hydrogen) atoms. The lowest BCUT2D eigenvalue weighted by Gasteiger charge is -1.98. The highest BCUT2D eigenvalue weighted by atomic mass is 35.5. The summed E-state index contributed by atoms with van der Waals surface area (Å²) in [4.78, 5) is 15.2. The number of amides is 1. The minimum absolute atomic E-state index is 0.0315. The summed E-state index contributed by atoms with van der Waals surface area (Å²) >= 11 is 5.79. The molecule has 0 fully saturated rings. The average molecular weight is 253 g/mol. The molecule has 1 amide bonds. The number of hydrogen-bond acceptors (Lipinski definition) is 5. The van der Waals surface area contributed by atoms with Gasteiger partial charge < -0.3 is 15.6 Å². The van der Waals surface area contributed by atoms with Gasteiger partial charge in [0.15, 0.2) is 0 Å². The van der Waals surface area contributed by atoms with Crippen LogP contribution in [0.3, 0.4) is 0 Å². The van der Waals surface area contributed by atoms with E-state index in [9.17, 15) is 4.79 Å². The standard InChI is InChI=1S/C10H9ClN4O2/c1-13-9(16)8-14-10(17-15-8)5-2-3-6(11)7(12)4-5/h2-4H,12H2,1H3,(H,13,16). The predicted molar refractivity (Wildman–Crippen MR) is 62.5 cm³/mol. The van der Waals surface area contributed by atoms with Gasteiger partial charge in [-0.2, -0.15) is 4.98 Å². The van der Waals surface area contributed by atoms with Crippen LogP contribution in [0.4, 0.5) is 5.69 Å². The molecule has 0 aliphatic heterocycles. The number of rotatable bonds is 2. The summed E-state index contributed by atoms with van der Waals surface area (Å²) < 4.78 is 4.95.